The van der Waals surface area contributed by atoms with Crippen molar-refractivity contribution in [2.24, 2.45) is 5.92 Å². The molecule has 2 N–H and O–H groups in total. The van der Waals surface area contributed by atoms with Crippen LogP contribution < -0.4 is 11.0 Å². The third kappa shape index (κ3) is 2.99. The number of hydrogen-bond acceptors (Lipinski definition) is 5. The highest BCUT2D eigenvalue weighted by Gasteiger charge is 2.24. The van der Waals surface area contributed by atoms with Gasteiger partial charge in [0.1, 0.15) is 16.8 Å². The number of amides is 1. The molecular formula is C20H23N5O3. The number of carbonyl (C=O) groups is 1. The van der Waals surface area contributed by atoms with Crippen LogP contribution >= 0.6 is 0 Å². The number of fused-ring (bicyclic) bond motifs is 2. The highest BCUT2D eigenvalue weighted by Crippen LogP contribution is 2.18. The first-order valence-corrected chi connectivity index (χ1v) is 9.51. The molecule has 1 fully saturated rings. The molecule has 0 spiro atoms. The fourth-order valence-corrected chi connectivity index (χ4v) is 3.75. The van der Waals surface area contributed by atoms with Gasteiger partial charge in [0.25, 0.3) is 11.5 Å². The van der Waals surface area contributed by atoms with Gasteiger partial charge in [0.2, 0.25) is 0 Å². The number of piperidine rings is 1. The Morgan fingerprint density at radius 3 is 2.79 bits per heavy atom. The number of hydrogen-bond donors (Lipinski definition) is 2. The Hall–Kier alpha value is -3.00. The number of likely N-dealkylation sites (tertiary alicyclic amines) is 1. The van der Waals surface area contributed by atoms with Gasteiger partial charge in [-0.3, -0.25) is 19.4 Å². The van der Waals surface area contributed by atoms with Gasteiger partial charge in [-0.1, -0.05) is 13.0 Å². The average molecular weight is 381 g/mol. The zero-order chi connectivity index (χ0) is 19.8. The average Bonchev–Trinajstić information content (AvgIpc) is 2.70. The topological polar surface area (TPSA) is 104 Å². The van der Waals surface area contributed by atoms with E-state index in [2.05, 4.69) is 11.9 Å². The largest absolute Gasteiger partial charge is 0.395 e. The second-order valence-corrected chi connectivity index (χ2v) is 7.34. The Morgan fingerprint density at radius 1 is 1.32 bits per heavy atom. The molecule has 1 aliphatic rings. The summed E-state index contributed by atoms with van der Waals surface area (Å²) in [6.45, 7) is 3.32. The minimum Gasteiger partial charge on any atom is -0.395 e. The van der Waals surface area contributed by atoms with Crippen molar-refractivity contribution < 1.29 is 9.90 Å². The smallest absolute Gasteiger partial charge is 0.267 e. The first kappa shape index (κ1) is 18.4. The van der Waals surface area contributed by atoms with Crippen molar-refractivity contribution in [3.05, 3.63) is 51.9 Å². The van der Waals surface area contributed by atoms with Crippen molar-refractivity contribution in [1.29, 1.82) is 5.41 Å². The summed E-state index contributed by atoms with van der Waals surface area (Å²) in [5, 5.41) is 18.3. The standard InChI is InChI=1S/C20H23N5O3/c1-13-5-8-23(9-6-13)19(27)14-12-15-18(25(10-11-26)17(14)21)22-16-4-2-3-7-24(16)20(15)28/h2-4,7,12-13,21,26H,5-6,8-11H2,1H3. The lowest BCUT2D eigenvalue weighted by atomic mass is 9.98. The van der Waals surface area contributed by atoms with Crippen molar-refractivity contribution in [3.8, 4) is 0 Å². The highest BCUT2D eigenvalue weighted by molar-refractivity contribution is 5.96. The summed E-state index contributed by atoms with van der Waals surface area (Å²) < 4.78 is 2.87. The normalized spacial score (nSPS) is 15.4. The predicted molar refractivity (Wildman–Crippen MR) is 104 cm³/mol. The van der Waals surface area contributed by atoms with E-state index in [1.165, 1.54) is 15.0 Å². The molecule has 4 rings (SSSR count). The summed E-state index contributed by atoms with van der Waals surface area (Å²) in [5.74, 6) is 0.332. The van der Waals surface area contributed by atoms with Crippen LogP contribution in [0.3, 0.4) is 0 Å². The molecule has 1 amide bonds. The lowest BCUT2D eigenvalue weighted by Gasteiger charge is -2.30. The predicted octanol–water partition coefficient (Wildman–Crippen LogP) is 0.993. The molecule has 3 aromatic rings. The molecule has 0 saturated carbocycles. The van der Waals surface area contributed by atoms with Gasteiger partial charge < -0.3 is 14.6 Å². The van der Waals surface area contributed by atoms with Crippen LogP contribution in [0.5, 0.6) is 0 Å². The second-order valence-electron chi connectivity index (χ2n) is 7.34. The molecule has 3 aromatic heterocycles. The monoisotopic (exact) mass is 381 g/mol. The molecule has 28 heavy (non-hydrogen) atoms. The third-order valence-electron chi connectivity index (χ3n) is 5.44. The van der Waals surface area contributed by atoms with Crippen LogP contribution in [0.25, 0.3) is 16.7 Å². The number of nitrogens with one attached hydrogen (secondary N) is 1. The Balaban J connectivity index is 1.95. The van der Waals surface area contributed by atoms with Gasteiger partial charge in [-0.25, -0.2) is 4.98 Å². The SMILES string of the molecule is CC1CCN(C(=O)c2cc3c(=O)n4ccccc4nc3n(CCO)c2=N)CC1. The summed E-state index contributed by atoms with van der Waals surface area (Å²) in [6, 6.07) is 6.72. The van der Waals surface area contributed by atoms with Crippen LogP contribution in [-0.4, -0.2) is 49.6 Å². The molecule has 0 unspecified atom stereocenters. The Morgan fingerprint density at radius 2 is 2.07 bits per heavy atom. The summed E-state index contributed by atoms with van der Waals surface area (Å²) in [6.07, 6.45) is 3.49. The molecule has 0 atom stereocenters. The van der Waals surface area contributed by atoms with Gasteiger partial charge in [0.05, 0.1) is 17.6 Å². The summed E-state index contributed by atoms with van der Waals surface area (Å²) in [5.41, 5.74) is 0.602. The zero-order valence-corrected chi connectivity index (χ0v) is 15.8. The Labute approximate surface area is 161 Å². The molecule has 1 aliphatic heterocycles. The maximum absolute atomic E-state index is 13.1. The van der Waals surface area contributed by atoms with E-state index in [9.17, 15) is 14.7 Å². The number of pyridine rings is 2. The van der Waals surface area contributed by atoms with Crippen molar-refractivity contribution in [2.45, 2.75) is 26.3 Å². The van der Waals surface area contributed by atoms with E-state index >= 15 is 0 Å². The number of aliphatic hydroxyl groups excluding tert-OH is 1. The van der Waals surface area contributed by atoms with E-state index in [0.717, 1.165) is 12.8 Å². The quantitative estimate of drug-likeness (QED) is 0.660. The lowest BCUT2D eigenvalue weighted by Crippen LogP contribution is -2.41. The molecule has 0 aromatic carbocycles. The van der Waals surface area contributed by atoms with Crippen LogP contribution in [0, 0.1) is 11.3 Å². The lowest BCUT2D eigenvalue weighted by molar-refractivity contribution is 0.0694. The van der Waals surface area contributed by atoms with E-state index < -0.39 is 0 Å². The van der Waals surface area contributed by atoms with Crippen molar-refractivity contribution in [1.82, 2.24) is 18.9 Å². The third-order valence-corrected chi connectivity index (χ3v) is 5.44. The molecule has 8 heteroatoms. The maximum atomic E-state index is 13.1. The molecule has 0 bridgehead atoms. The molecule has 8 nitrogen and oxygen atoms in total. The van der Waals surface area contributed by atoms with Crippen LogP contribution in [0.2, 0.25) is 0 Å². The number of aliphatic hydroxyl groups is 1. The molecule has 0 aliphatic carbocycles. The van der Waals surface area contributed by atoms with Crippen molar-refractivity contribution in [3.63, 3.8) is 0 Å². The first-order chi connectivity index (χ1) is 13.5. The Bertz CT molecular complexity index is 1170. The minimum atomic E-state index is -0.298. The molecule has 4 heterocycles. The molecule has 1 saturated heterocycles. The van der Waals surface area contributed by atoms with Gasteiger partial charge >= 0.3 is 0 Å². The second kappa shape index (κ2) is 7.20. The Kier molecular flexibility index (Phi) is 4.72. The van der Waals surface area contributed by atoms with Gasteiger partial charge in [0.15, 0.2) is 0 Å². The number of carbonyl (C=O) groups excluding carboxylic acids is 1. The van der Waals surface area contributed by atoms with Gasteiger partial charge in [-0.15, -0.1) is 0 Å². The van der Waals surface area contributed by atoms with E-state index in [1.807, 2.05) is 0 Å². The molecular weight excluding hydrogens is 358 g/mol. The number of nitrogens with zero attached hydrogens (tertiary/aromatic N) is 4. The van der Waals surface area contributed by atoms with E-state index in [-0.39, 0.29) is 41.1 Å². The van der Waals surface area contributed by atoms with Crippen molar-refractivity contribution in [2.75, 3.05) is 19.7 Å². The number of rotatable bonds is 3. The molecule has 146 valence electrons. The van der Waals surface area contributed by atoms with E-state index in [0.29, 0.717) is 30.3 Å². The summed E-state index contributed by atoms with van der Waals surface area (Å²) >= 11 is 0. The maximum Gasteiger partial charge on any atom is 0.267 e. The molecule has 0 radical (unpaired) electrons. The van der Waals surface area contributed by atoms with Crippen LogP contribution in [0.4, 0.5) is 0 Å². The van der Waals surface area contributed by atoms with Crippen LogP contribution in [-0.2, 0) is 6.54 Å². The van der Waals surface area contributed by atoms with Gasteiger partial charge in [0, 0.05) is 25.8 Å². The highest BCUT2D eigenvalue weighted by atomic mass is 16.3. The van der Waals surface area contributed by atoms with Gasteiger partial charge in [-0.2, -0.15) is 0 Å². The van der Waals surface area contributed by atoms with E-state index in [4.69, 9.17) is 5.41 Å². The van der Waals surface area contributed by atoms with E-state index in [1.54, 1.807) is 29.3 Å². The van der Waals surface area contributed by atoms with Crippen LogP contribution in [0.15, 0.2) is 35.3 Å². The fraction of sp³-hybridized carbons (Fsp3) is 0.400. The summed E-state index contributed by atoms with van der Waals surface area (Å²) in [4.78, 5) is 32.4. The zero-order valence-electron chi connectivity index (χ0n) is 15.8. The van der Waals surface area contributed by atoms with Gasteiger partial charge in [-0.05, 0) is 37.0 Å². The summed E-state index contributed by atoms with van der Waals surface area (Å²) in [7, 11) is 0. The fourth-order valence-electron chi connectivity index (χ4n) is 3.75. The van der Waals surface area contributed by atoms with Crippen molar-refractivity contribution >= 4 is 22.6 Å². The van der Waals surface area contributed by atoms with Crippen LogP contribution in [0.1, 0.15) is 30.1 Å². The minimum absolute atomic E-state index is 0.0302. The number of aromatic nitrogens is 3. The first-order valence-electron chi connectivity index (χ1n) is 9.51.